The van der Waals surface area contributed by atoms with E-state index in [0.717, 1.165) is 18.4 Å². The van der Waals surface area contributed by atoms with Gasteiger partial charge < -0.3 is 0 Å². The number of hydrogen-bond acceptors (Lipinski definition) is 3. The van der Waals surface area contributed by atoms with E-state index in [1.54, 1.807) is 36.4 Å². The second kappa shape index (κ2) is 7.00. The Labute approximate surface area is 168 Å². The van der Waals surface area contributed by atoms with Crippen molar-refractivity contribution in [3.63, 3.8) is 0 Å². The highest BCUT2D eigenvalue weighted by Crippen LogP contribution is 2.45. The minimum Gasteiger partial charge on any atom is -0.289 e. The van der Waals surface area contributed by atoms with Gasteiger partial charge in [-0.15, -0.1) is 0 Å². The van der Waals surface area contributed by atoms with Gasteiger partial charge in [-0.05, 0) is 64.6 Å². The molecule has 0 atom stereocenters. The number of carbonyl (C=O) groups is 1. The topological polar surface area (TPSA) is 51.2 Å². The van der Waals surface area contributed by atoms with Gasteiger partial charge in [-0.1, -0.05) is 58.0 Å². The number of carbonyl (C=O) groups excluding carboxylic acids is 1. The molecule has 0 heterocycles. The third kappa shape index (κ3) is 4.12. The summed E-state index contributed by atoms with van der Waals surface area (Å²) in [6, 6.07) is 12.6. The highest BCUT2D eigenvalue weighted by atomic mass is 32.2. The Hall–Kier alpha value is -2.20. The SMILES string of the molecule is CC1(C)CCC(C)(C)c2cc(C(=O)C=Cc3ccc(S(C)(=O)=O)cc3)ccc21. The molecule has 0 fully saturated rings. The Morgan fingerprint density at radius 1 is 0.893 bits per heavy atom. The smallest absolute Gasteiger partial charge is 0.185 e. The van der Waals surface area contributed by atoms with Gasteiger partial charge in [-0.2, -0.15) is 0 Å². The molecule has 0 saturated carbocycles. The van der Waals surface area contributed by atoms with Gasteiger partial charge in [-0.3, -0.25) is 4.79 Å². The Balaban J connectivity index is 1.87. The van der Waals surface area contributed by atoms with Crippen LogP contribution in [0.15, 0.2) is 53.4 Å². The third-order valence-electron chi connectivity index (χ3n) is 5.87. The average Bonchev–Trinajstić information content (AvgIpc) is 2.63. The molecule has 1 aliphatic carbocycles. The van der Waals surface area contributed by atoms with Crippen LogP contribution in [-0.4, -0.2) is 20.5 Å². The lowest BCUT2D eigenvalue weighted by atomic mass is 9.63. The molecule has 0 aliphatic heterocycles. The van der Waals surface area contributed by atoms with E-state index in [0.29, 0.717) is 5.56 Å². The first-order valence-electron chi connectivity index (χ1n) is 9.58. The van der Waals surface area contributed by atoms with Crippen LogP contribution in [0.2, 0.25) is 0 Å². The van der Waals surface area contributed by atoms with Crippen LogP contribution in [0.3, 0.4) is 0 Å². The van der Waals surface area contributed by atoms with Gasteiger partial charge in [0.1, 0.15) is 0 Å². The highest BCUT2D eigenvalue weighted by Gasteiger charge is 2.37. The molecule has 4 heteroatoms. The van der Waals surface area contributed by atoms with E-state index in [2.05, 4.69) is 39.8 Å². The molecule has 148 valence electrons. The number of sulfone groups is 1. The first-order chi connectivity index (χ1) is 12.9. The molecule has 0 aromatic heterocycles. The second-order valence-electron chi connectivity index (χ2n) is 9.07. The van der Waals surface area contributed by atoms with E-state index in [9.17, 15) is 13.2 Å². The number of fused-ring (bicyclic) bond motifs is 1. The Bertz CT molecular complexity index is 1040. The van der Waals surface area contributed by atoms with Gasteiger partial charge >= 0.3 is 0 Å². The van der Waals surface area contributed by atoms with Crippen LogP contribution in [-0.2, 0) is 20.7 Å². The summed E-state index contributed by atoms with van der Waals surface area (Å²) in [5, 5.41) is 0. The fourth-order valence-electron chi connectivity index (χ4n) is 3.84. The molecule has 0 saturated heterocycles. The molecule has 0 radical (unpaired) electrons. The normalized spacial score (nSPS) is 18.0. The summed E-state index contributed by atoms with van der Waals surface area (Å²) >= 11 is 0. The minimum atomic E-state index is -3.21. The summed E-state index contributed by atoms with van der Waals surface area (Å²) in [6.45, 7) is 9.02. The maximum atomic E-state index is 12.7. The molecule has 0 N–H and O–H groups in total. The van der Waals surface area contributed by atoms with Crippen molar-refractivity contribution >= 4 is 21.7 Å². The monoisotopic (exact) mass is 396 g/mol. The molecule has 3 nitrogen and oxygen atoms in total. The van der Waals surface area contributed by atoms with Crippen molar-refractivity contribution in [3.05, 3.63) is 70.8 Å². The molecule has 0 amide bonds. The Morgan fingerprint density at radius 2 is 1.46 bits per heavy atom. The summed E-state index contributed by atoms with van der Waals surface area (Å²) in [5.74, 6) is -0.0471. The summed E-state index contributed by atoms with van der Waals surface area (Å²) < 4.78 is 23.1. The maximum absolute atomic E-state index is 12.7. The molecule has 0 bridgehead atoms. The van der Waals surface area contributed by atoms with Crippen LogP contribution in [0.1, 0.15) is 67.6 Å². The first kappa shape index (κ1) is 20.5. The van der Waals surface area contributed by atoms with Crippen LogP contribution in [0.5, 0.6) is 0 Å². The van der Waals surface area contributed by atoms with Crippen molar-refractivity contribution in [2.45, 2.75) is 56.3 Å². The van der Waals surface area contributed by atoms with Gasteiger partial charge in [0.2, 0.25) is 0 Å². The van der Waals surface area contributed by atoms with Crippen molar-refractivity contribution in [2.24, 2.45) is 0 Å². The lowest BCUT2D eigenvalue weighted by Gasteiger charge is -2.42. The van der Waals surface area contributed by atoms with E-state index < -0.39 is 9.84 Å². The zero-order chi connectivity index (χ0) is 20.7. The Morgan fingerprint density at radius 3 is 2.04 bits per heavy atom. The minimum absolute atomic E-state index is 0.0471. The number of ketones is 1. The molecule has 28 heavy (non-hydrogen) atoms. The van der Waals surface area contributed by atoms with Crippen molar-refractivity contribution < 1.29 is 13.2 Å². The second-order valence-corrected chi connectivity index (χ2v) is 11.1. The van der Waals surface area contributed by atoms with Gasteiger partial charge in [0.15, 0.2) is 15.6 Å². The van der Waals surface area contributed by atoms with Gasteiger partial charge in [0, 0.05) is 11.8 Å². The van der Waals surface area contributed by atoms with Gasteiger partial charge in [-0.25, -0.2) is 8.42 Å². The molecule has 0 spiro atoms. The summed E-state index contributed by atoms with van der Waals surface area (Å²) in [5.41, 5.74) is 4.27. The first-order valence-corrected chi connectivity index (χ1v) is 11.5. The number of rotatable bonds is 4. The van der Waals surface area contributed by atoms with Crippen molar-refractivity contribution in [2.75, 3.05) is 6.26 Å². The van der Waals surface area contributed by atoms with E-state index in [4.69, 9.17) is 0 Å². The van der Waals surface area contributed by atoms with Crippen molar-refractivity contribution in [3.8, 4) is 0 Å². The fraction of sp³-hybridized carbons (Fsp3) is 0.375. The third-order valence-corrected chi connectivity index (χ3v) is 7.00. The molecule has 0 unspecified atom stereocenters. The Kier molecular flexibility index (Phi) is 5.13. The average molecular weight is 397 g/mol. The predicted molar refractivity (Wildman–Crippen MR) is 115 cm³/mol. The van der Waals surface area contributed by atoms with E-state index in [1.807, 2.05) is 6.07 Å². The molecule has 2 aromatic rings. The van der Waals surface area contributed by atoms with Gasteiger partial charge in [0.25, 0.3) is 0 Å². The largest absolute Gasteiger partial charge is 0.289 e. The number of benzene rings is 2. The summed E-state index contributed by atoms with van der Waals surface area (Å²) in [4.78, 5) is 13.0. The van der Waals surface area contributed by atoms with Crippen LogP contribution >= 0.6 is 0 Å². The molecule has 2 aromatic carbocycles. The van der Waals surface area contributed by atoms with E-state index >= 15 is 0 Å². The van der Waals surface area contributed by atoms with Crippen molar-refractivity contribution in [1.29, 1.82) is 0 Å². The quantitative estimate of drug-likeness (QED) is 0.518. The van der Waals surface area contributed by atoms with Crippen LogP contribution in [0, 0.1) is 0 Å². The lowest BCUT2D eigenvalue weighted by molar-refractivity contribution is 0.104. The lowest BCUT2D eigenvalue weighted by Crippen LogP contribution is -2.34. The van der Waals surface area contributed by atoms with E-state index in [-0.39, 0.29) is 21.5 Å². The zero-order valence-corrected chi connectivity index (χ0v) is 18.1. The standard InChI is InChI=1S/C24H28O3S/c1-23(2)14-15-24(3,4)21-16-18(9-12-20(21)23)22(25)13-8-17-6-10-19(11-7-17)28(5,26)27/h6-13,16H,14-15H2,1-5H3. The molecule has 1 aliphatic rings. The fourth-order valence-corrected chi connectivity index (χ4v) is 4.47. The van der Waals surface area contributed by atoms with Crippen LogP contribution in [0.4, 0.5) is 0 Å². The number of allylic oxidation sites excluding steroid dienone is 1. The number of hydrogen-bond donors (Lipinski definition) is 0. The van der Waals surface area contributed by atoms with Crippen LogP contribution < -0.4 is 0 Å². The van der Waals surface area contributed by atoms with Crippen LogP contribution in [0.25, 0.3) is 6.08 Å². The predicted octanol–water partition coefficient (Wildman–Crippen LogP) is 5.34. The summed E-state index contributed by atoms with van der Waals surface area (Å²) in [7, 11) is -3.21. The molecular weight excluding hydrogens is 368 g/mol. The molecule has 3 rings (SSSR count). The molecular formula is C24H28O3S. The van der Waals surface area contributed by atoms with Crippen molar-refractivity contribution in [1.82, 2.24) is 0 Å². The highest BCUT2D eigenvalue weighted by molar-refractivity contribution is 7.90. The summed E-state index contributed by atoms with van der Waals surface area (Å²) in [6.07, 6.45) is 6.71. The zero-order valence-electron chi connectivity index (χ0n) is 17.2. The maximum Gasteiger partial charge on any atom is 0.185 e. The van der Waals surface area contributed by atoms with Gasteiger partial charge in [0.05, 0.1) is 4.90 Å². The van der Waals surface area contributed by atoms with E-state index in [1.165, 1.54) is 17.4 Å².